The highest BCUT2D eigenvalue weighted by molar-refractivity contribution is 5.95. The van der Waals surface area contributed by atoms with Crippen LogP contribution in [-0.4, -0.2) is 25.0 Å². The Morgan fingerprint density at radius 1 is 1.27 bits per heavy atom. The van der Waals surface area contributed by atoms with Gasteiger partial charge in [0.2, 0.25) is 5.91 Å². The van der Waals surface area contributed by atoms with Gasteiger partial charge in [0.25, 0.3) is 5.91 Å². The maximum atomic E-state index is 12.3. The minimum atomic E-state index is -0.186. The lowest BCUT2D eigenvalue weighted by molar-refractivity contribution is -0.121. The first kappa shape index (κ1) is 17.8. The monoisotopic (exact) mass is 354 g/mol. The number of anilines is 1. The number of carbonyl (C=O) groups excluding carboxylic acids is 2. The third-order valence-corrected chi connectivity index (χ3v) is 4.11. The predicted molar refractivity (Wildman–Crippen MR) is 98.4 cm³/mol. The number of benzene rings is 2. The van der Waals surface area contributed by atoms with Crippen molar-refractivity contribution in [3.63, 3.8) is 0 Å². The molecule has 0 fully saturated rings. The van der Waals surface area contributed by atoms with Gasteiger partial charge in [0, 0.05) is 0 Å². The van der Waals surface area contributed by atoms with E-state index in [0.29, 0.717) is 24.5 Å². The second kappa shape index (κ2) is 7.91. The molecule has 6 heteroatoms. The summed E-state index contributed by atoms with van der Waals surface area (Å²) in [5.41, 5.74) is 2.45. The number of ether oxygens (including phenoxy) is 2. The minimum absolute atomic E-state index is 0.0285. The summed E-state index contributed by atoms with van der Waals surface area (Å²) in [4.78, 5) is 23.7. The quantitative estimate of drug-likeness (QED) is 0.836. The average Bonchev–Trinajstić information content (AvgIpc) is 2.62. The highest BCUT2D eigenvalue weighted by atomic mass is 16.5. The van der Waals surface area contributed by atoms with Gasteiger partial charge in [-0.3, -0.25) is 9.59 Å². The van der Waals surface area contributed by atoms with Gasteiger partial charge < -0.3 is 20.1 Å². The summed E-state index contributed by atoms with van der Waals surface area (Å²) in [6, 6.07) is 12.8. The molecule has 2 aromatic rings. The van der Waals surface area contributed by atoms with Crippen LogP contribution in [0.15, 0.2) is 42.5 Å². The van der Waals surface area contributed by atoms with E-state index in [1.165, 1.54) is 0 Å². The second-order valence-electron chi connectivity index (χ2n) is 6.14. The Hall–Kier alpha value is -3.02. The zero-order valence-electron chi connectivity index (χ0n) is 14.9. The van der Waals surface area contributed by atoms with Crippen molar-refractivity contribution >= 4 is 17.5 Å². The first-order valence-corrected chi connectivity index (χ1v) is 8.63. The molecule has 2 N–H and O–H groups in total. The molecule has 1 aliphatic heterocycles. The van der Waals surface area contributed by atoms with Crippen LogP contribution < -0.4 is 20.1 Å². The number of fused-ring (bicyclic) bond motifs is 1. The van der Waals surface area contributed by atoms with Crippen LogP contribution in [0.1, 0.15) is 31.0 Å². The van der Waals surface area contributed by atoms with Crippen molar-refractivity contribution in [2.75, 3.05) is 18.5 Å². The van der Waals surface area contributed by atoms with Gasteiger partial charge in [-0.15, -0.1) is 0 Å². The summed E-state index contributed by atoms with van der Waals surface area (Å²) in [6.45, 7) is 4.48. The Morgan fingerprint density at radius 3 is 2.77 bits per heavy atom. The summed E-state index contributed by atoms with van der Waals surface area (Å²) in [5, 5.41) is 5.75. The van der Waals surface area contributed by atoms with Gasteiger partial charge in [-0.25, -0.2) is 0 Å². The Morgan fingerprint density at radius 2 is 2.04 bits per heavy atom. The molecular formula is C20H22N2O4. The van der Waals surface area contributed by atoms with Gasteiger partial charge in [-0.05, 0) is 49.2 Å². The zero-order valence-corrected chi connectivity index (χ0v) is 14.9. The molecule has 1 atom stereocenters. The number of carbonyl (C=O) groups is 2. The Labute approximate surface area is 152 Å². The lowest BCUT2D eigenvalue weighted by Crippen LogP contribution is -2.29. The summed E-state index contributed by atoms with van der Waals surface area (Å²) in [5.74, 6) is 1.19. The van der Waals surface area contributed by atoms with E-state index < -0.39 is 0 Å². The smallest absolute Gasteiger partial charge is 0.262 e. The molecule has 6 nitrogen and oxygen atoms in total. The Bertz CT molecular complexity index is 802. The second-order valence-corrected chi connectivity index (χ2v) is 6.14. The molecule has 0 radical (unpaired) electrons. The molecule has 2 amide bonds. The molecule has 3 rings (SSSR count). The van der Waals surface area contributed by atoms with E-state index >= 15 is 0 Å². The van der Waals surface area contributed by atoms with Gasteiger partial charge in [-0.2, -0.15) is 0 Å². The summed E-state index contributed by atoms with van der Waals surface area (Å²) >= 11 is 0. The van der Waals surface area contributed by atoms with Crippen molar-refractivity contribution in [1.82, 2.24) is 5.32 Å². The number of nitrogens with one attached hydrogen (secondary N) is 2. The van der Waals surface area contributed by atoms with Crippen LogP contribution in [0, 0.1) is 0 Å². The molecule has 26 heavy (non-hydrogen) atoms. The fourth-order valence-electron chi connectivity index (χ4n) is 2.80. The van der Waals surface area contributed by atoms with Crippen molar-refractivity contribution in [2.24, 2.45) is 0 Å². The third kappa shape index (κ3) is 4.33. The molecule has 136 valence electrons. The fourth-order valence-corrected chi connectivity index (χ4v) is 2.80. The molecule has 0 spiro atoms. The zero-order chi connectivity index (χ0) is 18.5. The number of amides is 2. The van der Waals surface area contributed by atoms with Crippen molar-refractivity contribution < 1.29 is 19.1 Å². The van der Waals surface area contributed by atoms with Gasteiger partial charge in [0.05, 0.1) is 24.8 Å². The van der Waals surface area contributed by atoms with Crippen molar-refractivity contribution in [2.45, 2.75) is 26.3 Å². The fraction of sp³-hybridized carbons (Fsp3) is 0.300. The maximum Gasteiger partial charge on any atom is 0.262 e. The molecule has 0 aliphatic carbocycles. The van der Waals surface area contributed by atoms with Gasteiger partial charge in [0.1, 0.15) is 11.5 Å². The van der Waals surface area contributed by atoms with E-state index in [1.807, 2.05) is 50.2 Å². The molecule has 1 aliphatic rings. The van der Waals surface area contributed by atoms with E-state index in [2.05, 4.69) is 10.6 Å². The van der Waals surface area contributed by atoms with Crippen LogP contribution in [-0.2, 0) is 16.0 Å². The highest BCUT2D eigenvalue weighted by Gasteiger charge is 2.18. The van der Waals surface area contributed by atoms with E-state index in [9.17, 15) is 9.59 Å². The lowest BCUT2D eigenvalue weighted by Gasteiger charge is -2.21. The van der Waals surface area contributed by atoms with Crippen LogP contribution in [0.3, 0.4) is 0 Å². The largest absolute Gasteiger partial charge is 0.494 e. The van der Waals surface area contributed by atoms with E-state index in [0.717, 1.165) is 16.9 Å². The molecule has 0 bridgehead atoms. The predicted octanol–water partition coefficient (Wildman–Crippen LogP) is 2.84. The van der Waals surface area contributed by atoms with Gasteiger partial charge >= 0.3 is 0 Å². The van der Waals surface area contributed by atoms with E-state index in [4.69, 9.17) is 9.47 Å². The van der Waals surface area contributed by atoms with Crippen molar-refractivity contribution in [3.05, 3.63) is 53.6 Å². The van der Waals surface area contributed by atoms with Gasteiger partial charge in [0.15, 0.2) is 6.61 Å². The number of rotatable bonds is 6. The number of hydrogen-bond donors (Lipinski definition) is 2. The molecule has 2 aromatic carbocycles. The van der Waals surface area contributed by atoms with Crippen LogP contribution >= 0.6 is 0 Å². The first-order chi connectivity index (χ1) is 12.5. The first-order valence-electron chi connectivity index (χ1n) is 8.63. The van der Waals surface area contributed by atoms with Crippen molar-refractivity contribution in [1.29, 1.82) is 0 Å². The Balaban J connectivity index is 1.60. The van der Waals surface area contributed by atoms with E-state index in [1.54, 1.807) is 6.07 Å². The average molecular weight is 354 g/mol. The number of hydrogen-bond acceptors (Lipinski definition) is 4. The molecule has 1 heterocycles. The Kier molecular flexibility index (Phi) is 5.41. The maximum absolute atomic E-state index is 12.3. The third-order valence-electron chi connectivity index (χ3n) is 4.11. The van der Waals surface area contributed by atoms with Crippen LogP contribution in [0.25, 0.3) is 0 Å². The molecular weight excluding hydrogens is 332 g/mol. The standard InChI is InChI=1S/C20H22N2O4/c1-3-25-16-7-4-14(5-8-16)10-19(23)21-13(2)15-6-9-18-17(11-15)22-20(24)12-26-18/h4-9,11,13H,3,10,12H2,1-2H3,(H,21,23)(H,22,24). The normalized spacial score (nSPS) is 13.8. The SMILES string of the molecule is CCOc1ccc(CC(=O)NC(C)c2ccc3c(c2)NC(=O)CO3)cc1. The summed E-state index contributed by atoms with van der Waals surface area (Å²) < 4.78 is 10.7. The van der Waals surface area contributed by atoms with Crippen molar-refractivity contribution in [3.8, 4) is 11.5 Å². The van der Waals surface area contributed by atoms with Crippen LogP contribution in [0.2, 0.25) is 0 Å². The summed E-state index contributed by atoms with van der Waals surface area (Å²) in [6.07, 6.45) is 0.293. The topological polar surface area (TPSA) is 76.7 Å². The molecule has 0 aromatic heterocycles. The van der Waals surface area contributed by atoms with Crippen LogP contribution in [0.4, 0.5) is 5.69 Å². The highest BCUT2D eigenvalue weighted by Crippen LogP contribution is 2.30. The van der Waals surface area contributed by atoms with E-state index in [-0.39, 0.29) is 24.5 Å². The van der Waals surface area contributed by atoms with Crippen LogP contribution in [0.5, 0.6) is 11.5 Å². The van der Waals surface area contributed by atoms with Gasteiger partial charge in [-0.1, -0.05) is 18.2 Å². The molecule has 1 unspecified atom stereocenters. The minimum Gasteiger partial charge on any atom is -0.494 e. The summed E-state index contributed by atoms with van der Waals surface area (Å²) in [7, 11) is 0. The molecule has 0 saturated carbocycles. The lowest BCUT2D eigenvalue weighted by atomic mass is 10.1. The molecule has 0 saturated heterocycles.